The summed E-state index contributed by atoms with van der Waals surface area (Å²) in [6.07, 6.45) is 5.24. The van der Waals surface area contributed by atoms with Gasteiger partial charge in [0.25, 0.3) is 0 Å². The van der Waals surface area contributed by atoms with Crippen molar-refractivity contribution in [2.75, 3.05) is 33.0 Å². The highest BCUT2D eigenvalue weighted by atomic mass is 16.5. The van der Waals surface area contributed by atoms with Crippen LogP contribution in [-0.4, -0.2) is 58.7 Å². The van der Waals surface area contributed by atoms with E-state index in [0.29, 0.717) is 6.04 Å². The fourth-order valence-corrected chi connectivity index (χ4v) is 3.60. The molecule has 0 aromatic carbocycles. The lowest BCUT2D eigenvalue weighted by molar-refractivity contribution is -0.0308. The molecule has 0 saturated carbocycles. The van der Waals surface area contributed by atoms with Crippen molar-refractivity contribution in [3.05, 3.63) is 12.2 Å². The Hall–Kier alpha value is -0.980. The Labute approximate surface area is 139 Å². The average molecular weight is 322 g/mol. The van der Waals surface area contributed by atoms with E-state index in [1.54, 1.807) is 6.33 Å². The monoisotopic (exact) mass is 322 g/mol. The first-order valence-corrected chi connectivity index (χ1v) is 8.83. The second-order valence-electron chi connectivity index (χ2n) is 7.75. The predicted molar refractivity (Wildman–Crippen MR) is 88.2 cm³/mol. The Kier molecular flexibility index (Phi) is 5.34. The lowest BCUT2D eigenvalue weighted by Crippen LogP contribution is -2.47. The molecule has 1 unspecified atom stereocenters. The van der Waals surface area contributed by atoms with Crippen molar-refractivity contribution in [3.63, 3.8) is 0 Å². The summed E-state index contributed by atoms with van der Waals surface area (Å²) in [4.78, 5) is 7.04. The van der Waals surface area contributed by atoms with Gasteiger partial charge in [-0.25, -0.2) is 9.67 Å². The molecule has 23 heavy (non-hydrogen) atoms. The molecule has 0 amide bonds. The Morgan fingerprint density at radius 1 is 1.17 bits per heavy atom. The van der Waals surface area contributed by atoms with Crippen LogP contribution in [0.25, 0.3) is 0 Å². The molecule has 2 aliphatic heterocycles. The van der Waals surface area contributed by atoms with Gasteiger partial charge in [0.2, 0.25) is 0 Å². The number of morpholine rings is 1. The minimum absolute atomic E-state index is 0.0334. The first-order valence-electron chi connectivity index (χ1n) is 8.83. The van der Waals surface area contributed by atoms with E-state index in [4.69, 9.17) is 9.47 Å². The first-order chi connectivity index (χ1) is 11.0. The fourth-order valence-electron chi connectivity index (χ4n) is 3.60. The smallest absolute Gasteiger partial charge is 0.141 e. The molecule has 0 bridgehead atoms. The van der Waals surface area contributed by atoms with Crippen LogP contribution < -0.4 is 0 Å². The molecule has 2 aliphatic rings. The lowest BCUT2D eigenvalue weighted by Gasteiger charge is -2.38. The van der Waals surface area contributed by atoms with Gasteiger partial charge >= 0.3 is 0 Å². The van der Waals surface area contributed by atoms with Gasteiger partial charge in [-0.1, -0.05) is 0 Å². The highest BCUT2D eigenvalue weighted by Gasteiger charge is 2.29. The number of nitrogens with zero attached hydrogens (tertiary/aromatic N) is 4. The van der Waals surface area contributed by atoms with Crippen LogP contribution in [0.4, 0.5) is 0 Å². The normalized spacial score (nSPS) is 24.9. The van der Waals surface area contributed by atoms with Gasteiger partial charge in [-0.05, 0) is 46.0 Å². The van der Waals surface area contributed by atoms with Crippen molar-refractivity contribution in [2.45, 2.75) is 58.2 Å². The molecule has 2 saturated heterocycles. The summed E-state index contributed by atoms with van der Waals surface area (Å²) in [6, 6.07) is 0.483. The molecule has 0 aliphatic carbocycles. The zero-order valence-electron chi connectivity index (χ0n) is 14.7. The highest BCUT2D eigenvalue weighted by Crippen LogP contribution is 2.25. The van der Waals surface area contributed by atoms with Crippen molar-refractivity contribution < 1.29 is 9.47 Å². The van der Waals surface area contributed by atoms with Gasteiger partial charge in [-0.2, -0.15) is 5.10 Å². The third-order valence-electron chi connectivity index (χ3n) is 4.89. The van der Waals surface area contributed by atoms with Crippen LogP contribution in [-0.2, 0) is 21.6 Å². The van der Waals surface area contributed by atoms with Crippen LogP contribution in [0.15, 0.2) is 6.33 Å². The molecule has 2 fully saturated rings. The summed E-state index contributed by atoms with van der Waals surface area (Å²) in [5.41, 5.74) is -0.0334. The van der Waals surface area contributed by atoms with Gasteiger partial charge in [-0.15, -0.1) is 0 Å². The molecule has 0 N–H and O–H groups in total. The van der Waals surface area contributed by atoms with Crippen LogP contribution in [0.5, 0.6) is 0 Å². The van der Waals surface area contributed by atoms with Gasteiger partial charge in [0.15, 0.2) is 0 Å². The van der Waals surface area contributed by atoms with Crippen molar-refractivity contribution >= 4 is 0 Å². The van der Waals surface area contributed by atoms with Crippen LogP contribution in [0.3, 0.4) is 0 Å². The molecule has 1 aromatic heterocycles. The third kappa shape index (κ3) is 4.31. The summed E-state index contributed by atoms with van der Waals surface area (Å²) in [7, 11) is 0. The number of ether oxygens (including phenoxy) is 2. The fraction of sp³-hybridized carbons (Fsp3) is 0.882. The zero-order chi connectivity index (χ0) is 16.3. The predicted octanol–water partition coefficient (Wildman–Crippen LogP) is 2.05. The Balaban J connectivity index is 1.65. The highest BCUT2D eigenvalue weighted by molar-refractivity contribution is 4.92. The second-order valence-corrected chi connectivity index (χ2v) is 7.75. The molecule has 1 aromatic rings. The number of aromatic nitrogens is 3. The molecular formula is C17H30N4O2. The Morgan fingerprint density at radius 2 is 1.96 bits per heavy atom. The van der Waals surface area contributed by atoms with Crippen molar-refractivity contribution in [1.82, 2.24) is 19.7 Å². The Bertz CT molecular complexity index is 491. The van der Waals surface area contributed by atoms with Gasteiger partial charge in [-0.3, -0.25) is 4.90 Å². The minimum Gasteiger partial charge on any atom is -0.381 e. The zero-order valence-corrected chi connectivity index (χ0v) is 14.7. The van der Waals surface area contributed by atoms with Crippen molar-refractivity contribution in [1.29, 1.82) is 0 Å². The number of hydrogen-bond donors (Lipinski definition) is 0. The van der Waals surface area contributed by atoms with Gasteiger partial charge in [0.05, 0.1) is 25.3 Å². The van der Waals surface area contributed by atoms with E-state index < -0.39 is 0 Å². The number of rotatable bonds is 4. The van der Waals surface area contributed by atoms with E-state index in [2.05, 4.69) is 35.8 Å². The van der Waals surface area contributed by atoms with Crippen molar-refractivity contribution in [2.24, 2.45) is 5.92 Å². The van der Waals surface area contributed by atoms with Gasteiger partial charge in [0.1, 0.15) is 12.2 Å². The first kappa shape index (κ1) is 16.9. The van der Waals surface area contributed by atoms with E-state index in [1.165, 1.54) is 19.3 Å². The summed E-state index contributed by atoms with van der Waals surface area (Å²) in [6.45, 7) is 11.8. The van der Waals surface area contributed by atoms with Gasteiger partial charge < -0.3 is 9.47 Å². The van der Waals surface area contributed by atoms with E-state index in [-0.39, 0.29) is 5.54 Å². The molecule has 3 heterocycles. The maximum absolute atomic E-state index is 5.75. The molecule has 6 heteroatoms. The summed E-state index contributed by atoms with van der Waals surface area (Å²) in [5, 5.41) is 4.42. The summed E-state index contributed by atoms with van der Waals surface area (Å²) in [5.74, 6) is 1.81. The molecule has 6 nitrogen and oxygen atoms in total. The van der Waals surface area contributed by atoms with Crippen molar-refractivity contribution in [3.8, 4) is 0 Å². The molecule has 1 atom stereocenters. The quantitative estimate of drug-likeness (QED) is 0.849. The van der Waals surface area contributed by atoms with Gasteiger partial charge in [0, 0.05) is 25.8 Å². The van der Waals surface area contributed by atoms with E-state index in [1.807, 2.05) is 4.68 Å². The SMILES string of the molecule is CC(C)(C)n1ncnc1CN1CCOCC1CC1CCOCC1. The van der Waals surface area contributed by atoms with E-state index >= 15 is 0 Å². The number of hydrogen-bond acceptors (Lipinski definition) is 5. The van der Waals surface area contributed by atoms with E-state index in [9.17, 15) is 0 Å². The molecule has 3 rings (SSSR count). The maximum Gasteiger partial charge on any atom is 0.141 e. The molecule has 130 valence electrons. The van der Waals surface area contributed by atoms with Crippen LogP contribution in [0.1, 0.15) is 45.9 Å². The molecular weight excluding hydrogens is 292 g/mol. The topological polar surface area (TPSA) is 52.4 Å². The summed E-state index contributed by atoms with van der Waals surface area (Å²) < 4.78 is 13.3. The van der Waals surface area contributed by atoms with Crippen LogP contribution in [0, 0.1) is 5.92 Å². The van der Waals surface area contributed by atoms with Crippen LogP contribution in [0.2, 0.25) is 0 Å². The third-order valence-corrected chi connectivity index (χ3v) is 4.89. The standard InChI is InChI=1S/C17H30N4O2/c1-17(2,3)21-16(18-13-19-21)11-20-6-9-23-12-15(20)10-14-4-7-22-8-5-14/h13-15H,4-12H2,1-3H3. The largest absolute Gasteiger partial charge is 0.381 e. The minimum atomic E-state index is -0.0334. The average Bonchev–Trinajstić information content (AvgIpc) is 2.99. The van der Waals surface area contributed by atoms with E-state index in [0.717, 1.165) is 51.3 Å². The second kappa shape index (κ2) is 7.28. The molecule has 0 spiro atoms. The Morgan fingerprint density at radius 3 is 2.70 bits per heavy atom. The summed E-state index contributed by atoms with van der Waals surface area (Å²) >= 11 is 0. The lowest BCUT2D eigenvalue weighted by atomic mass is 9.91. The maximum atomic E-state index is 5.75. The van der Waals surface area contributed by atoms with Crippen LogP contribution >= 0.6 is 0 Å². The molecule has 0 radical (unpaired) electrons.